The van der Waals surface area contributed by atoms with Crippen LogP contribution >= 0.6 is 0 Å². The van der Waals surface area contributed by atoms with Crippen LogP contribution in [0.1, 0.15) is 11.1 Å². The van der Waals surface area contributed by atoms with Crippen LogP contribution in [0.4, 0.5) is 0 Å². The highest BCUT2D eigenvalue weighted by Crippen LogP contribution is 1.90. The summed E-state index contributed by atoms with van der Waals surface area (Å²) in [4.78, 5) is 32.9. The molecule has 0 atom stereocenters. The molecule has 1 heterocycles. The molecule has 0 spiro atoms. The predicted octanol–water partition coefficient (Wildman–Crippen LogP) is -0.762. The molecule has 0 saturated carbocycles. The minimum Gasteiger partial charge on any atom is -0.480 e. The normalized spacial score (nSPS) is 10.1. The monoisotopic (exact) mass is 198 g/mol. The lowest BCUT2D eigenvalue weighted by atomic mass is 10.2. The van der Waals surface area contributed by atoms with Crippen LogP contribution in [0.5, 0.6) is 0 Å². The Hall–Kier alpha value is -1.85. The van der Waals surface area contributed by atoms with Gasteiger partial charge in [-0.2, -0.15) is 0 Å². The van der Waals surface area contributed by atoms with Crippen LogP contribution < -0.4 is 11.1 Å². The minimum atomic E-state index is -1.17. The molecule has 0 bridgehead atoms. The largest absolute Gasteiger partial charge is 0.480 e. The third kappa shape index (κ3) is 1.73. The number of aliphatic carboxylic acids is 1. The first kappa shape index (κ1) is 10.2. The van der Waals surface area contributed by atoms with E-state index in [-0.39, 0.29) is 5.56 Å². The van der Waals surface area contributed by atoms with E-state index < -0.39 is 23.6 Å². The first-order chi connectivity index (χ1) is 6.43. The van der Waals surface area contributed by atoms with Crippen LogP contribution in [0, 0.1) is 13.8 Å². The fourth-order valence-electron chi connectivity index (χ4n) is 1.04. The quantitative estimate of drug-likeness (QED) is 0.653. The summed E-state index contributed by atoms with van der Waals surface area (Å²) in [5.41, 5.74) is -0.334. The maximum Gasteiger partial charge on any atom is 0.325 e. The third-order valence-corrected chi connectivity index (χ3v) is 2.00. The van der Waals surface area contributed by atoms with E-state index in [1.807, 2.05) is 0 Å². The zero-order chi connectivity index (χ0) is 10.9. The molecule has 0 aliphatic carbocycles. The topological polar surface area (TPSA) is 92.2 Å². The van der Waals surface area contributed by atoms with Crippen molar-refractivity contribution >= 4 is 5.97 Å². The smallest absolute Gasteiger partial charge is 0.325 e. The Morgan fingerprint density at radius 3 is 2.43 bits per heavy atom. The lowest BCUT2D eigenvalue weighted by Gasteiger charge is -2.04. The van der Waals surface area contributed by atoms with Gasteiger partial charge in [-0.3, -0.25) is 19.5 Å². The van der Waals surface area contributed by atoms with Crippen molar-refractivity contribution in [1.82, 2.24) is 9.78 Å². The number of H-pyrrole nitrogens is 1. The summed E-state index contributed by atoms with van der Waals surface area (Å²) in [6, 6.07) is 0. The standard InChI is InChI=1S/C8H10N2O4/c1-4-5(2)8(14)10(3-6(11)12)9-7(4)13/h3H2,1-2H3,(H,9,13)(H,11,12). The molecule has 6 heteroatoms. The van der Waals surface area contributed by atoms with E-state index in [4.69, 9.17) is 5.11 Å². The molecular weight excluding hydrogens is 188 g/mol. The molecule has 1 rings (SSSR count). The Bertz CT molecular complexity index is 483. The summed E-state index contributed by atoms with van der Waals surface area (Å²) in [6.07, 6.45) is 0. The summed E-state index contributed by atoms with van der Waals surface area (Å²) in [7, 11) is 0. The highest BCUT2D eigenvalue weighted by Gasteiger charge is 2.08. The summed E-state index contributed by atoms with van der Waals surface area (Å²) in [5.74, 6) is -1.17. The van der Waals surface area contributed by atoms with E-state index in [9.17, 15) is 14.4 Å². The van der Waals surface area contributed by atoms with Gasteiger partial charge in [0.25, 0.3) is 11.1 Å². The van der Waals surface area contributed by atoms with Gasteiger partial charge in [0, 0.05) is 11.1 Å². The van der Waals surface area contributed by atoms with Crippen LogP contribution in [-0.2, 0) is 11.3 Å². The maximum atomic E-state index is 11.4. The van der Waals surface area contributed by atoms with Crippen molar-refractivity contribution in [3.63, 3.8) is 0 Å². The highest BCUT2D eigenvalue weighted by atomic mass is 16.4. The number of aromatic nitrogens is 2. The Balaban J connectivity index is 3.41. The molecule has 0 radical (unpaired) electrons. The van der Waals surface area contributed by atoms with Gasteiger partial charge in [-0.1, -0.05) is 0 Å². The van der Waals surface area contributed by atoms with E-state index in [2.05, 4.69) is 5.10 Å². The van der Waals surface area contributed by atoms with Crippen LogP contribution in [-0.4, -0.2) is 20.9 Å². The van der Waals surface area contributed by atoms with Crippen LogP contribution in [0.15, 0.2) is 9.59 Å². The van der Waals surface area contributed by atoms with Gasteiger partial charge in [-0.05, 0) is 13.8 Å². The number of rotatable bonds is 2. The molecule has 14 heavy (non-hydrogen) atoms. The van der Waals surface area contributed by atoms with Gasteiger partial charge in [-0.15, -0.1) is 0 Å². The number of carboxylic acids is 1. The van der Waals surface area contributed by atoms with Crippen molar-refractivity contribution in [3.8, 4) is 0 Å². The first-order valence-electron chi connectivity index (χ1n) is 3.95. The minimum absolute atomic E-state index is 0.273. The Labute approximate surface area is 78.8 Å². The second-order valence-corrected chi connectivity index (χ2v) is 2.98. The van der Waals surface area contributed by atoms with Gasteiger partial charge in [0.1, 0.15) is 6.54 Å². The lowest BCUT2D eigenvalue weighted by molar-refractivity contribution is -0.138. The average Bonchev–Trinajstić information content (AvgIpc) is 2.10. The van der Waals surface area contributed by atoms with E-state index in [1.54, 1.807) is 0 Å². The van der Waals surface area contributed by atoms with E-state index in [0.29, 0.717) is 5.56 Å². The number of aromatic amines is 1. The number of nitrogens with zero attached hydrogens (tertiary/aromatic N) is 1. The fraction of sp³-hybridized carbons (Fsp3) is 0.375. The van der Waals surface area contributed by atoms with Crippen molar-refractivity contribution in [2.45, 2.75) is 20.4 Å². The molecule has 0 aliphatic heterocycles. The molecule has 0 fully saturated rings. The molecule has 0 amide bonds. The predicted molar refractivity (Wildman–Crippen MR) is 48.4 cm³/mol. The van der Waals surface area contributed by atoms with Gasteiger partial charge in [0.2, 0.25) is 0 Å². The van der Waals surface area contributed by atoms with Gasteiger partial charge in [0.05, 0.1) is 0 Å². The molecule has 2 N–H and O–H groups in total. The Morgan fingerprint density at radius 1 is 1.36 bits per heavy atom. The third-order valence-electron chi connectivity index (χ3n) is 2.00. The van der Waals surface area contributed by atoms with Crippen molar-refractivity contribution in [2.75, 3.05) is 0 Å². The zero-order valence-electron chi connectivity index (χ0n) is 7.83. The summed E-state index contributed by atoms with van der Waals surface area (Å²) in [5, 5.41) is 10.6. The van der Waals surface area contributed by atoms with Gasteiger partial charge >= 0.3 is 5.97 Å². The van der Waals surface area contributed by atoms with E-state index in [0.717, 1.165) is 4.68 Å². The second-order valence-electron chi connectivity index (χ2n) is 2.98. The second kappa shape index (κ2) is 3.49. The van der Waals surface area contributed by atoms with Gasteiger partial charge in [0.15, 0.2) is 0 Å². The number of nitrogens with one attached hydrogen (secondary N) is 1. The SMILES string of the molecule is Cc1c(C)c(=O)n(CC(=O)O)[nH]c1=O. The summed E-state index contributed by atoms with van der Waals surface area (Å²) in [6.45, 7) is 2.47. The molecule has 0 unspecified atom stereocenters. The Kier molecular flexibility index (Phi) is 2.55. The number of carboxylic acid groups (broad SMARTS) is 1. The van der Waals surface area contributed by atoms with Crippen molar-refractivity contribution in [3.05, 3.63) is 31.8 Å². The van der Waals surface area contributed by atoms with Crippen molar-refractivity contribution in [1.29, 1.82) is 0 Å². The fourth-order valence-corrected chi connectivity index (χ4v) is 1.04. The molecule has 0 aromatic carbocycles. The van der Waals surface area contributed by atoms with Crippen LogP contribution in [0.25, 0.3) is 0 Å². The molecule has 1 aromatic heterocycles. The highest BCUT2D eigenvalue weighted by molar-refractivity contribution is 5.66. The lowest BCUT2D eigenvalue weighted by Crippen LogP contribution is -2.35. The molecule has 0 saturated heterocycles. The Morgan fingerprint density at radius 2 is 1.93 bits per heavy atom. The van der Waals surface area contributed by atoms with Crippen LogP contribution in [0.3, 0.4) is 0 Å². The molecule has 6 nitrogen and oxygen atoms in total. The summed E-state index contributed by atoms with van der Waals surface area (Å²) < 4.78 is 0.785. The summed E-state index contributed by atoms with van der Waals surface area (Å²) >= 11 is 0. The van der Waals surface area contributed by atoms with E-state index >= 15 is 0 Å². The van der Waals surface area contributed by atoms with E-state index in [1.165, 1.54) is 13.8 Å². The average molecular weight is 198 g/mol. The number of carbonyl (C=O) groups is 1. The zero-order valence-corrected chi connectivity index (χ0v) is 7.83. The van der Waals surface area contributed by atoms with Crippen molar-refractivity contribution < 1.29 is 9.90 Å². The maximum absolute atomic E-state index is 11.4. The number of hydrogen-bond donors (Lipinski definition) is 2. The number of hydrogen-bond acceptors (Lipinski definition) is 3. The molecule has 76 valence electrons. The first-order valence-corrected chi connectivity index (χ1v) is 3.95. The van der Waals surface area contributed by atoms with Gasteiger partial charge in [-0.25, -0.2) is 4.68 Å². The molecular formula is C8H10N2O4. The van der Waals surface area contributed by atoms with Crippen molar-refractivity contribution in [2.24, 2.45) is 0 Å². The molecule has 0 aliphatic rings. The molecule has 1 aromatic rings. The van der Waals surface area contributed by atoms with Gasteiger partial charge < -0.3 is 5.11 Å². The van der Waals surface area contributed by atoms with Crippen LogP contribution in [0.2, 0.25) is 0 Å².